The number of hydrogen-bond acceptors (Lipinski definition) is 2. The molecule has 2 nitrogen and oxygen atoms in total. The molecule has 0 aliphatic heterocycles. The SMILES string of the molecule is Cc1ccc(NCc2cc(Br)ccc2OCc2ccccc2)cc1Cl. The van der Waals surface area contributed by atoms with Crippen molar-refractivity contribution in [3.05, 3.63) is 92.9 Å². The van der Waals surface area contributed by atoms with Crippen LogP contribution in [0.5, 0.6) is 5.75 Å². The molecule has 0 saturated carbocycles. The summed E-state index contributed by atoms with van der Waals surface area (Å²) in [5.41, 5.74) is 4.29. The van der Waals surface area contributed by atoms with Crippen molar-refractivity contribution in [3.8, 4) is 5.75 Å². The lowest BCUT2D eigenvalue weighted by molar-refractivity contribution is 0.303. The molecule has 0 aromatic heterocycles. The van der Waals surface area contributed by atoms with Crippen LogP contribution in [0.15, 0.2) is 71.2 Å². The van der Waals surface area contributed by atoms with Crippen molar-refractivity contribution in [2.75, 3.05) is 5.32 Å². The first-order chi connectivity index (χ1) is 12.1. The number of aryl methyl sites for hydroxylation is 1. The Morgan fingerprint density at radius 2 is 1.80 bits per heavy atom. The van der Waals surface area contributed by atoms with Gasteiger partial charge in [-0.15, -0.1) is 0 Å². The molecule has 0 radical (unpaired) electrons. The van der Waals surface area contributed by atoms with Gasteiger partial charge in [-0.1, -0.05) is 63.9 Å². The zero-order chi connectivity index (χ0) is 17.6. The molecule has 0 atom stereocenters. The van der Waals surface area contributed by atoms with E-state index in [0.717, 1.165) is 37.6 Å². The Bertz CT molecular complexity index is 852. The fourth-order valence-electron chi connectivity index (χ4n) is 2.46. The molecule has 0 fully saturated rings. The van der Waals surface area contributed by atoms with Crippen molar-refractivity contribution in [3.63, 3.8) is 0 Å². The van der Waals surface area contributed by atoms with Gasteiger partial charge in [-0.05, 0) is 48.4 Å². The average Bonchev–Trinajstić information content (AvgIpc) is 2.63. The number of anilines is 1. The van der Waals surface area contributed by atoms with E-state index >= 15 is 0 Å². The summed E-state index contributed by atoms with van der Waals surface area (Å²) in [6.45, 7) is 3.20. The Balaban J connectivity index is 1.71. The second kappa shape index (κ2) is 8.41. The number of ether oxygens (including phenoxy) is 1. The van der Waals surface area contributed by atoms with Gasteiger partial charge in [-0.25, -0.2) is 0 Å². The Morgan fingerprint density at radius 1 is 1.00 bits per heavy atom. The van der Waals surface area contributed by atoms with Crippen LogP contribution >= 0.6 is 27.5 Å². The molecule has 0 amide bonds. The van der Waals surface area contributed by atoms with Crippen LogP contribution in [0.4, 0.5) is 5.69 Å². The Morgan fingerprint density at radius 3 is 2.56 bits per heavy atom. The van der Waals surface area contributed by atoms with Gasteiger partial charge in [0.05, 0.1) is 0 Å². The maximum atomic E-state index is 6.20. The molecule has 0 aliphatic rings. The minimum absolute atomic E-state index is 0.547. The quantitative estimate of drug-likeness (QED) is 0.488. The summed E-state index contributed by atoms with van der Waals surface area (Å²) in [6, 6.07) is 22.2. The van der Waals surface area contributed by atoms with Crippen molar-refractivity contribution in [2.45, 2.75) is 20.1 Å². The van der Waals surface area contributed by atoms with Crippen LogP contribution in [0.1, 0.15) is 16.7 Å². The minimum atomic E-state index is 0.547. The topological polar surface area (TPSA) is 21.3 Å². The van der Waals surface area contributed by atoms with Gasteiger partial charge in [-0.3, -0.25) is 0 Å². The largest absolute Gasteiger partial charge is 0.489 e. The molecule has 0 heterocycles. The molecule has 128 valence electrons. The first-order valence-electron chi connectivity index (χ1n) is 8.07. The third-order valence-electron chi connectivity index (χ3n) is 3.91. The number of benzene rings is 3. The van der Waals surface area contributed by atoms with E-state index < -0.39 is 0 Å². The molecule has 0 saturated heterocycles. The highest BCUT2D eigenvalue weighted by atomic mass is 79.9. The van der Waals surface area contributed by atoms with Crippen LogP contribution in [0.3, 0.4) is 0 Å². The van der Waals surface area contributed by atoms with Gasteiger partial charge in [0.1, 0.15) is 12.4 Å². The molecule has 4 heteroatoms. The van der Waals surface area contributed by atoms with E-state index in [-0.39, 0.29) is 0 Å². The summed E-state index contributed by atoms with van der Waals surface area (Å²) in [4.78, 5) is 0. The summed E-state index contributed by atoms with van der Waals surface area (Å²) >= 11 is 9.73. The summed E-state index contributed by atoms with van der Waals surface area (Å²) in [5, 5.41) is 4.17. The highest BCUT2D eigenvalue weighted by Gasteiger charge is 2.06. The maximum absolute atomic E-state index is 6.20. The van der Waals surface area contributed by atoms with E-state index in [2.05, 4.69) is 39.4 Å². The average molecular weight is 417 g/mol. The summed E-state index contributed by atoms with van der Waals surface area (Å²) in [7, 11) is 0. The van der Waals surface area contributed by atoms with E-state index in [4.69, 9.17) is 16.3 Å². The van der Waals surface area contributed by atoms with Crippen LogP contribution < -0.4 is 10.1 Å². The molecular weight excluding hydrogens is 398 g/mol. The van der Waals surface area contributed by atoms with Crippen molar-refractivity contribution in [1.82, 2.24) is 0 Å². The van der Waals surface area contributed by atoms with E-state index in [0.29, 0.717) is 13.2 Å². The van der Waals surface area contributed by atoms with Crippen molar-refractivity contribution < 1.29 is 4.74 Å². The van der Waals surface area contributed by atoms with Gasteiger partial charge < -0.3 is 10.1 Å². The van der Waals surface area contributed by atoms with Gasteiger partial charge in [0, 0.05) is 27.3 Å². The second-order valence-corrected chi connectivity index (χ2v) is 7.17. The second-order valence-electron chi connectivity index (χ2n) is 5.84. The van der Waals surface area contributed by atoms with Crippen LogP contribution in [-0.4, -0.2) is 0 Å². The molecular formula is C21H19BrClNO. The predicted molar refractivity (Wildman–Crippen MR) is 108 cm³/mol. The van der Waals surface area contributed by atoms with Crippen molar-refractivity contribution in [1.29, 1.82) is 0 Å². The Hall–Kier alpha value is -1.97. The molecule has 1 N–H and O–H groups in total. The fraction of sp³-hybridized carbons (Fsp3) is 0.143. The molecule has 3 aromatic rings. The molecule has 0 aliphatic carbocycles. The van der Waals surface area contributed by atoms with Gasteiger partial charge in [0.25, 0.3) is 0 Å². The van der Waals surface area contributed by atoms with Gasteiger partial charge in [-0.2, -0.15) is 0 Å². The summed E-state index contributed by atoms with van der Waals surface area (Å²) < 4.78 is 7.05. The molecule has 25 heavy (non-hydrogen) atoms. The van der Waals surface area contributed by atoms with Crippen LogP contribution in [0.2, 0.25) is 5.02 Å². The molecule has 0 unspecified atom stereocenters. The zero-order valence-electron chi connectivity index (χ0n) is 13.9. The highest BCUT2D eigenvalue weighted by Crippen LogP contribution is 2.26. The van der Waals surface area contributed by atoms with Gasteiger partial charge in [0.15, 0.2) is 0 Å². The zero-order valence-corrected chi connectivity index (χ0v) is 16.3. The lowest BCUT2D eigenvalue weighted by Crippen LogP contribution is -2.04. The monoisotopic (exact) mass is 415 g/mol. The molecule has 3 rings (SSSR count). The lowest BCUT2D eigenvalue weighted by Gasteiger charge is -2.14. The Labute approximate surface area is 161 Å². The van der Waals surface area contributed by atoms with Crippen LogP contribution in [0, 0.1) is 6.92 Å². The number of rotatable bonds is 6. The molecule has 0 spiro atoms. The lowest BCUT2D eigenvalue weighted by atomic mass is 10.1. The normalized spacial score (nSPS) is 10.5. The smallest absolute Gasteiger partial charge is 0.124 e. The van der Waals surface area contributed by atoms with Crippen LogP contribution in [-0.2, 0) is 13.2 Å². The molecule has 0 bridgehead atoms. The van der Waals surface area contributed by atoms with Crippen molar-refractivity contribution in [2.24, 2.45) is 0 Å². The van der Waals surface area contributed by atoms with Crippen LogP contribution in [0.25, 0.3) is 0 Å². The first kappa shape index (κ1) is 17.8. The predicted octanol–water partition coefficient (Wildman–Crippen LogP) is 6.60. The van der Waals surface area contributed by atoms with Gasteiger partial charge in [0.2, 0.25) is 0 Å². The Kier molecular flexibility index (Phi) is 6.00. The number of nitrogens with one attached hydrogen (secondary N) is 1. The number of halogens is 2. The van der Waals surface area contributed by atoms with E-state index in [1.165, 1.54) is 0 Å². The molecule has 3 aromatic carbocycles. The van der Waals surface area contributed by atoms with E-state index in [9.17, 15) is 0 Å². The third-order valence-corrected chi connectivity index (χ3v) is 4.81. The summed E-state index contributed by atoms with van der Waals surface area (Å²) in [6.07, 6.45) is 0. The third kappa shape index (κ3) is 5.00. The fourth-order valence-corrected chi connectivity index (χ4v) is 3.05. The first-order valence-corrected chi connectivity index (χ1v) is 9.24. The maximum Gasteiger partial charge on any atom is 0.124 e. The van der Waals surface area contributed by atoms with E-state index in [1.54, 1.807) is 0 Å². The summed E-state index contributed by atoms with van der Waals surface area (Å²) in [5.74, 6) is 0.873. The highest BCUT2D eigenvalue weighted by molar-refractivity contribution is 9.10. The minimum Gasteiger partial charge on any atom is -0.489 e. The van der Waals surface area contributed by atoms with Crippen molar-refractivity contribution >= 4 is 33.2 Å². The standard InChI is InChI=1S/C21H19BrClNO/c1-15-7-9-19(12-20(15)23)24-13-17-11-18(22)8-10-21(17)25-14-16-5-3-2-4-6-16/h2-12,24H,13-14H2,1H3. The van der Waals surface area contributed by atoms with E-state index in [1.807, 2.05) is 55.5 Å². The number of hydrogen-bond donors (Lipinski definition) is 1. The van der Waals surface area contributed by atoms with Gasteiger partial charge >= 0.3 is 0 Å².